The Kier molecular flexibility index (Phi) is 10.1. The molecule has 1 saturated heterocycles. The number of carbonyl (C=O) groups excluding carboxylic acids is 3. The standard InChI is InChI=1S/C33H45N7O5/c1-21(24-20-35-25-11-5-4-10-23(24)25)29(30(41)38(2)28(31(42)45-3)14-8-9-17-34)37-32(43)39-18-15-22(16-19-39)40-27-13-7-6-12-26(27)36-33(40)44/h4-7,10-13,20-22,28-29,33,35-36,44H,8-9,14-19,34H2,1-3H3,(H,37,43)/t21?,28-,29+,33?/m0/s1. The minimum atomic E-state index is -0.947. The molecule has 2 aromatic carbocycles. The van der Waals surface area contributed by atoms with Gasteiger partial charge in [-0.2, -0.15) is 0 Å². The Morgan fingerprint density at radius 3 is 2.56 bits per heavy atom. The van der Waals surface area contributed by atoms with Crippen LogP contribution >= 0.6 is 0 Å². The number of esters is 1. The van der Waals surface area contributed by atoms with Gasteiger partial charge in [0.25, 0.3) is 0 Å². The number of likely N-dealkylation sites (tertiary alicyclic amines) is 1. The number of nitrogens with two attached hydrogens (primary N) is 1. The number of aromatic amines is 1. The predicted molar refractivity (Wildman–Crippen MR) is 174 cm³/mol. The SMILES string of the molecule is COC(=O)[C@H](CCCCN)N(C)C(=O)[C@H](NC(=O)N1CCC(N2c3ccccc3NC2O)CC1)C(C)c1c[nH]c2ccccc12. The van der Waals surface area contributed by atoms with E-state index in [2.05, 4.69) is 15.6 Å². The molecule has 4 atom stereocenters. The van der Waals surface area contributed by atoms with Crippen molar-refractivity contribution >= 4 is 40.2 Å². The van der Waals surface area contributed by atoms with Crippen LogP contribution < -0.4 is 21.3 Å². The number of methoxy groups -OCH3 is 1. The summed E-state index contributed by atoms with van der Waals surface area (Å²) in [7, 11) is 2.90. The van der Waals surface area contributed by atoms with Gasteiger partial charge in [0.1, 0.15) is 12.1 Å². The zero-order valence-corrected chi connectivity index (χ0v) is 26.2. The first-order valence-corrected chi connectivity index (χ1v) is 15.7. The molecule has 0 bridgehead atoms. The molecular formula is C33H45N7O5. The highest BCUT2D eigenvalue weighted by molar-refractivity contribution is 5.92. The third-order valence-corrected chi connectivity index (χ3v) is 9.25. The molecule has 2 unspecified atom stereocenters. The molecule has 12 nitrogen and oxygen atoms in total. The molecular weight excluding hydrogens is 574 g/mol. The Hall–Kier alpha value is -4.29. The molecule has 3 aromatic rings. The summed E-state index contributed by atoms with van der Waals surface area (Å²) in [5.74, 6) is -1.29. The lowest BCUT2D eigenvalue weighted by molar-refractivity contribution is -0.152. The monoisotopic (exact) mass is 619 g/mol. The zero-order chi connectivity index (χ0) is 32.1. The maximum absolute atomic E-state index is 14.2. The number of H-pyrrole nitrogens is 1. The first-order valence-electron chi connectivity index (χ1n) is 15.7. The lowest BCUT2D eigenvalue weighted by atomic mass is 9.91. The number of piperidine rings is 1. The molecule has 45 heavy (non-hydrogen) atoms. The number of aliphatic hydroxyl groups excluding tert-OH is 1. The van der Waals surface area contributed by atoms with E-state index in [1.165, 1.54) is 12.0 Å². The summed E-state index contributed by atoms with van der Waals surface area (Å²) in [6.07, 6.45) is 4.14. The number of likely N-dealkylation sites (N-methyl/N-ethyl adjacent to an activating group) is 1. The van der Waals surface area contributed by atoms with Crippen molar-refractivity contribution in [3.63, 3.8) is 0 Å². The normalized spacial score (nSPS) is 18.6. The van der Waals surface area contributed by atoms with E-state index in [1.54, 1.807) is 11.9 Å². The molecule has 0 radical (unpaired) electrons. The van der Waals surface area contributed by atoms with Gasteiger partial charge >= 0.3 is 12.0 Å². The van der Waals surface area contributed by atoms with Crippen LogP contribution in [0, 0.1) is 0 Å². The molecule has 2 aliphatic rings. The number of aliphatic hydroxyl groups is 1. The number of unbranched alkanes of at least 4 members (excludes halogenated alkanes) is 1. The number of para-hydroxylation sites is 3. The van der Waals surface area contributed by atoms with Crippen LogP contribution in [0.25, 0.3) is 10.9 Å². The highest BCUT2D eigenvalue weighted by atomic mass is 16.5. The zero-order valence-electron chi connectivity index (χ0n) is 26.2. The van der Waals surface area contributed by atoms with E-state index in [0.29, 0.717) is 51.7 Å². The topological polar surface area (TPSA) is 156 Å². The third-order valence-electron chi connectivity index (χ3n) is 9.25. The van der Waals surface area contributed by atoms with Crippen LogP contribution in [-0.4, -0.2) is 96.1 Å². The van der Waals surface area contributed by atoms with E-state index < -0.39 is 30.3 Å². The first kappa shape index (κ1) is 32.1. The summed E-state index contributed by atoms with van der Waals surface area (Å²) >= 11 is 0. The summed E-state index contributed by atoms with van der Waals surface area (Å²) in [5, 5.41) is 17.8. The number of nitrogens with zero attached hydrogens (tertiary/aromatic N) is 3. The second-order valence-corrected chi connectivity index (χ2v) is 11.9. The smallest absolute Gasteiger partial charge is 0.328 e. The average Bonchev–Trinajstić information content (AvgIpc) is 3.64. The molecule has 1 fully saturated rings. The summed E-state index contributed by atoms with van der Waals surface area (Å²) < 4.78 is 5.05. The fraction of sp³-hybridized carbons (Fsp3) is 0.485. The Labute approximate surface area is 263 Å². The lowest BCUT2D eigenvalue weighted by Gasteiger charge is -2.39. The average molecular weight is 620 g/mol. The summed E-state index contributed by atoms with van der Waals surface area (Å²) in [6, 6.07) is 13.6. The van der Waals surface area contributed by atoms with Crippen molar-refractivity contribution in [2.45, 2.75) is 69.4 Å². The van der Waals surface area contributed by atoms with Gasteiger partial charge in [-0.05, 0) is 62.4 Å². The van der Waals surface area contributed by atoms with Crippen molar-refractivity contribution in [2.24, 2.45) is 5.73 Å². The van der Waals surface area contributed by atoms with E-state index in [9.17, 15) is 19.5 Å². The Bertz CT molecular complexity index is 1490. The van der Waals surface area contributed by atoms with Crippen LogP contribution in [0.2, 0.25) is 0 Å². The van der Waals surface area contributed by atoms with Gasteiger partial charge in [-0.1, -0.05) is 37.3 Å². The Morgan fingerprint density at radius 2 is 1.82 bits per heavy atom. The predicted octanol–water partition coefficient (Wildman–Crippen LogP) is 3.15. The number of nitrogens with one attached hydrogen (secondary N) is 3. The number of hydrogen-bond donors (Lipinski definition) is 5. The van der Waals surface area contributed by atoms with Crippen molar-refractivity contribution in [3.05, 3.63) is 60.3 Å². The number of hydrogen-bond acceptors (Lipinski definition) is 8. The first-order chi connectivity index (χ1) is 21.7. The summed E-state index contributed by atoms with van der Waals surface area (Å²) in [4.78, 5) is 49.2. The number of carbonyl (C=O) groups is 3. The minimum Gasteiger partial charge on any atom is -0.467 e. The quantitative estimate of drug-likeness (QED) is 0.162. The van der Waals surface area contributed by atoms with Crippen molar-refractivity contribution in [1.29, 1.82) is 0 Å². The number of amides is 3. The molecule has 0 saturated carbocycles. The van der Waals surface area contributed by atoms with Gasteiger partial charge in [0.05, 0.1) is 18.5 Å². The fourth-order valence-corrected chi connectivity index (χ4v) is 6.64. The van der Waals surface area contributed by atoms with Crippen molar-refractivity contribution in [3.8, 4) is 0 Å². The van der Waals surface area contributed by atoms with Gasteiger partial charge in [0.2, 0.25) is 12.3 Å². The van der Waals surface area contributed by atoms with Crippen molar-refractivity contribution in [1.82, 2.24) is 20.1 Å². The molecule has 1 aromatic heterocycles. The van der Waals surface area contributed by atoms with Crippen LogP contribution in [0.3, 0.4) is 0 Å². The van der Waals surface area contributed by atoms with Crippen molar-refractivity contribution < 1.29 is 24.2 Å². The maximum Gasteiger partial charge on any atom is 0.328 e. The van der Waals surface area contributed by atoms with Gasteiger partial charge in [0.15, 0.2) is 0 Å². The molecule has 3 amide bonds. The Morgan fingerprint density at radius 1 is 1.11 bits per heavy atom. The fourth-order valence-electron chi connectivity index (χ4n) is 6.64. The van der Waals surface area contributed by atoms with Gasteiger partial charge in [0, 0.05) is 49.2 Å². The number of ether oxygens (including phenoxy) is 1. The number of urea groups is 1. The minimum absolute atomic E-state index is 0.0447. The van der Waals surface area contributed by atoms with Crippen molar-refractivity contribution in [2.75, 3.05) is 44.0 Å². The molecule has 2 aliphatic heterocycles. The number of anilines is 2. The molecule has 0 spiro atoms. The van der Waals surface area contributed by atoms with Gasteiger partial charge < -0.3 is 45.9 Å². The lowest BCUT2D eigenvalue weighted by Crippen LogP contribution is -2.58. The maximum atomic E-state index is 14.2. The second kappa shape index (κ2) is 14.2. The number of fused-ring (bicyclic) bond motifs is 2. The van der Waals surface area contributed by atoms with Gasteiger partial charge in [-0.15, -0.1) is 0 Å². The van der Waals surface area contributed by atoms with Crippen LogP contribution in [-0.2, 0) is 14.3 Å². The van der Waals surface area contributed by atoms with E-state index in [0.717, 1.165) is 27.8 Å². The third kappa shape index (κ3) is 6.71. The Balaban J connectivity index is 1.34. The van der Waals surface area contributed by atoms with E-state index in [-0.39, 0.29) is 18.0 Å². The number of rotatable bonds is 11. The molecule has 12 heteroatoms. The van der Waals surface area contributed by atoms with Gasteiger partial charge in [-0.25, -0.2) is 9.59 Å². The van der Waals surface area contributed by atoms with Crippen LogP contribution in [0.5, 0.6) is 0 Å². The molecule has 5 rings (SSSR count). The summed E-state index contributed by atoms with van der Waals surface area (Å²) in [6.45, 7) is 3.32. The number of benzene rings is 2. The molecule has 0 aliphatic carbocycles. The molecule has 6 N–H and O–H groups in total. The van der Waals surface area contributed by atoms with Crippen LogP contribution in [0.15, 0.2) is 54.7 Å². The van der Waals surface area contributed by atoms with Crippen LogP contribution in [0.1, 0.15) is 50.5 Å². The van der Waals surface area contributed by atoms with E-state index in [4.69, 9.17) is 10.5 Å². The molecule has 242 valence electrons. The highest BCUT2D eigenvalue weighted by Gasteiger charge is 2.39. The summed E-state index contributed by atoms with van der Waals surface area (Å²) in [5.41, 5.74) is 9.33. The van der Waals surface area contributed by atoms with Gasteiger partial charge in [-0.3, -0.25) is 4.79 Å². The number of aromatic nitrogens is 1. The van der Waals surface area contributed by atoms with Crippen LogP contribution in [0.4, 0.5) is 16.2 Å². The van der Waals surface area contributed by atoms with E-state index in [1.807, 2.05) is 66.6 Å². The molecule has 3 heterocycles. The largest absolute Gasteiger partial charge is 0.467 e. The van der Waals surface area contributed by atoms with E-state index >= 15 is 0 Å². The highest BCUT2D eigenvalue weighted by Crippen LogP contribution is 2.37. The second-order valence-electron chi connectivity index (χ2n) is 11.9.